The van der Waals surface area contributed by atoms with Gasteiger partial charge in [-0.2, -0.15) is 0 Å². The lowest BCUT2D eigenvalue weighted by molar-refractivity contribution is -0.119. The third-order valence-electron chi connectivity index (χ3n) is 1.36. The highest BCUT2D eigenvalue weighted by molar-refractivity contribution is 8.00. The second-order valence-electron chi connectivity index (χ2n) is 2.43. The van der Waals surface area contributed by atoms with Crippen LogP contribution in [0.4, 0.5) is 0 Å². The van der Waals surface area contributed by atoms with Crippen molar-refractivity contribution in [2.75, 3.05) is 19.4 Å². The summed E-state index contributed by atoms with van der Waals surface area (Å²) in [6, 6.07) is 0. The van der Waals surface area contributed by atoms with Crippen LogP contribution >= 0.6 is 11.8 Å². The van der Waals surface area contributed by atoms with Gasteiger partial charge in [-0.1, -0.05) is 0 Å². The molecule has 5 heteroatoms. The zero-order chi connectivity index (χ0) is 9.56. The third-order valence-corrected chi connectivity index (χ3v) is 2.66. The topological polar surface area (TPSA) is 69.6 Å². The molecule has 0 aliphatic rings. The second kappa shape index (κ2) is 6.28. The molecular weight excluding hydrogens is 178 g/mol. The first-order valence-corrected chi connectivity index (χ1v) is 4.78. The average Bonchev–Trinajstić information content (AvgIpc) is 2.11. The third kappa shape index (κ3) is 4.58. The first-order chi connectivity index (χ1) is 5.61. The van der Waals surface area contributed by atoms with E-state index in [1.54, 1.807) is 14.0 Å². The monoisotopic (exact) mass is 193 g/mol. The number of aliphatic hydroxyl groups is 2. The molecule has 0 saturated heterocycles. The van der Waals surface area contributed by atoms with Crippen molar-refractivity contribution in [3.63, 3.8) is 0 Å². The van der Waals surface area contributed by atoms with Gasteiger partial charge in [-0.05, 0) is 6.92 Å². The minimum absolute atomic E-state index is 0.0647. The van der Waals surface area contributed by atoms with Crippen molar-refractivity contribution < 1.29 is 15.0 Å². The molecule has 12 heavy (non-hydrogen) atoms. The summed E-state index contributed by atoms with van der Waals surface area (Å²) in [6.45, 7) is 1.50. The van der Waals surface area contributed by atoms with Gasteiger partial charge in [-0.15, -0.1) is 11.8 Å². The Balaban J connectivity index is 3.56. The highest BCUT2D eigenvalue weighted by Gasteiger charge is 2.13. The molecule has 0 aliphatic heterocycles. The SMILES string of the molecule is CNC(=O)C(C)SCC(O)CO. The van der Waals surface area contributed by atoms with Crippen molar-refractivity contribution >= 4 is 17.7 Å². The molecule has 0 saturated carbocycles. The van der Waals surface area contributed by atoms with Gasteiger partial charge in [-0.3, -0.25) is 4.79 Å². The Morgan fingerprint density at radius 1 is 1.67 bits per heavy atom. The molecule has 72 valence electrons. The standard InChI is InChI=1S/C7H15NO3S/c1-5(7(11)8-2)12-4-6(10)3-9/h5-6,9-10H,3-4H2,1-2H3,(H,8,11). The van der Waals surface area contributed by atoms with Gasteiger partial charge in [0.1, 0.15) is 0 Å². The van der Waals surface area contributed by atoms with Gasteiger partial charge in [0.25, 0.3) is 0 Å². The fourth-order valence-corrected chi connectivity index (χ4v) is 1.47. The normalized spacial score (nSPS) is 15.3. The molecule has 0 radical (unpaired) electrons. The van der Waals surface area contributed by atoms with E-state index in [4.69, 9.17) is 10.2 Å². The molecule has 4 nitrogen and oxygen atoms in total. The van der Waals surface area contributed by atoms with Crippen molar-refractivity contribution in [1.29, 1.82) is 0 Å². The first kappa shape index (κ1) is 11.7. The van der Waals surface area contributed by atoms with Gasteiger partial charge < -0.3 is 15.5 Å². The van der Waals surface area contributed by atoms with Crippen LogP contribution in [0.15, 0.2) is 0 Å². The molecule has 0 aromatic heterocycles. The molecule has 0 fully saturated rings. The molecule has 1 amide bonds. The predicted octanol–water partition coefficient (Wildman–Crippen LogP) is -0.793. The summed E-state index contributed by atoms with van der Waals surface area (Å²) in [7, 11) is 1.57. The number of amides is 1. The molecule has 3 N–H and O–H groups in total. The highest BCUT2D eigenvalue weighted by atomic mass is 32.2. The van der Waals surface area contributed by atoms with Crippen LogP contribution in [0, 0.1) is 0 Å². The Morgan fingerprint density at radius 3 is 2.67 bits per heavy atom. The lowest BCUT2D eigenvalue weighted by atomic mass is 10.4. The summed E-state index contributed by atoms with van der Waals surface area (Å²) in [5.74, 6) is 0.315. The van der Waals surface area contributed by atoms with Gasteiger partial charge in [0.2, 0.25) is 5.91 Å². The number of carbonyl (C=O) groups excluding carboxylic acids is 1. The number of carbonyl (C=O) groups is 1. The lowest BCUT2D eigenvalue weighted by Crippen LogP contribution is -2.29. The Labute approximate surface area is 76.4 Å². The lowest BCUT2D eigenvalue weighted by Gasteiger charge is -2.11. The summed E-state index contributed by atoms with van der Waals surface area (Å²) in [6.07, 6.45) is -0.734. The van der Waals surface area contributed by atoms with E-state index in [2.05, 4.69) is 5.32 Å². The van der Waals surface area contributed by atoms with Crippen molar-refractivity contribution in [3.05, 3.63) is 0 Å². The van der Waals surface area contributed by atoms with Crippen molar-refractivity contribution in [2.24, 2.45) is 0 Å². The Morgan fingerprint density at radius 2 is 2.25 bits per heavy atom. The molecule has 0 spiro atoms. The Kier molecular flexibility index (Phi) is 6.14. The van der Waals surface area contributed by atoms with E-state index in [1.165, 1.54) is 11.8 Å². The van der Waals surface area contributed by atoms with Crippen LogP contribution in [0.1, 0.15) is 6.92 Å². The van der Waals surface area contributed by atoms with Crippen LogP contribution in [0.25, 0.3) is 0 Å². The maximum Gasteiger partial charge on any atom is 0.232 e. The van der Waals surface area contributed by atoms with Gasteiger partial charge in [0, 0.05) is 12.8 Å². The van der Waals surface area contributed by atoms with Crippen LogP contribution in [0.2, 0.25) is 0 Å². The van der Waals surface area contributed by atoms with Crippen molar-refractivity contribution in [2.45, 2.75) is 18.3 Å². The summed E-state index contributed by atoms with van der Waals surface area (Å²) in [5, 5.41) is 19.8. The van der Waals surface area contributed by atoms with Gasteiger partial charge in [-0.25, -0.2) is 0 Å². The zero-order valence-corrected chi connectivity index (χ0v) is 8.10. The van der Waals surface area contributed by atoms with Crippen LogP contribution in [0.3, 0.4) is 0 Å². The van der Waals surface area contributed by atoms with Crippen LogP contribution in [-0.4, -0.2) is 46.9 Å². The van der Waals surface area contributed by atoms with E-state index < -0.39 is 6.10 Å². The summed E-state index contributed by atoms with van der Waals surface area (Å²) >= 11 is 1.32. The van der Waals surface area contributed by atoms with E-state index in [1.807, 2.05) is 0 Å². The van der Waals surface area contributed by atoms with E-state index in [0.29, 0.717) is 5.75 Å². The molecule has 0 aliphatic carbocycles. The number of hydrogen-bond donors (Lipinski definition) is 3. The molecule has 0 heterocycles. The number of thioether (sulfide) groups is 1. The van der Waals surface area contributed by atoms with E-state index in [-0.39, 0.29) is 17.8 Å². The molecule has 2 unspecified atom stereocenters. The van der Waals surface area contributed by atoms with Crippen LogP contribution in [0.5, 0.6) is 0 Å². The second-order valence-corrected chi connectivity index (χ2v) is 3.80. The fraction of sp³-hybridized carbons (Fsp3) is 0.857. The molecule has 0 aromatic rings. The van der Waals surface area contributed by atoms with E-state index >= 15 is 0 Å². The summed E-state index contributed by atoms with van der Waals surface area (Å²) < 4.78 is 0. The van der Waals surface area contributed by atoms with Crippen molar-refractivity contribution in [1.82, 2.24) is 5.32 Å². The predicted molar refractivity (Wildman–Crippen MR) is 49.1 cm³/mol. The molecule has 0 rings (SSSR count). The van der Waals surface area contributed by atoms with Gasteiger partial charge in [0.15, 0.2) is 0 Å². The summed E-state index contributed by atoms with van der Waals surface area (Å²) in [4.78, 5) is 10.9. The first-order valence-electron chi connectivity index (χ1n) is 3.74. The Hall–Kier alpha value is -0.260. The van der Waals surface area contributed by atoms with E-state index in [0.717, 1.165) is 0 Å². The molecule has 2 atom stereocenters. The average molecular weight is 193 g/mol. The maximum atomic E-state index is 10.9. The van der Waals surface area contributed by atoms with Crippen LogP contribution < -0.4 is 5.32 Å². The number of nitrogens with one attached hydrogen (secondary N) is 1. The minimum atomic E-state index is -0.734. The highest BCUT2D eigenvalue weighted by Crippen LogP contribution is 2.11. The minimum Gasteiger partial charge on any atom is -0.394 e. The summed E-state index contributed by atoms with van der Waals surface area (Å²) in [5.41, 5.74) is 0. The number of aliphatic hydroxyl groups excluding tert-OH is 2. The van der Waals surface area contributed by atoms with Gasteiger partial charge in [0.05, 0.1) is 18.0 Å². The molecular formula is C7H15NO3S. The zero-order valence-electron chi connectivity index (χ0n) is 7.28. The van der Waals surface area contributed by atoms with Crippen LogP contribution in [-0.2, 0) is 4.79 Å². The smallest absolute Gasteiger partial charge is 0.232 e. The van der Waals surface area contributed by atoms with E-state index in [9.17, 15) is 4.79 Å². The number of rotatable bonds is 5. The molecule has 0 bridgehead atoms. The molecule has 0 aromatic carbocycles. The van der Waals surface area contributed by atoms with Gasteiger partial charge >= 0.3 is 0 Å². The number of hydrogen-bond acceptors (Lipinski definition) is 4. The fourth-order valence-electron chi connectivity index (χ4n) is 0.587. The largest absolute Gasteiger partial charge is 0.394 e. The quantitative estimate of drug-likeness (QED) is 0.535. The van der Waals surface area contributed by atoms with Crippen molar-refractivity contribution in [3.8, 4) is 0 Å². The Bertz CT molecular complexity index is 143. The maximum absolute atomic E-state index is 10.9.